The standard InChI is InChI=1S/C16H23F3N4O/c1-9-6-12(9)13-7-22(5-4-20-13)14(24)8-23-11(3)10(2)15(21-23)16(17,18)19/h9,12-13,20H,4-8H2,1-3H3/t9?,12-,13?/m1/s1. The maximum Gasteiger partial charge on any atom is 0.435 e. The monoisotopic (exact) mass is 344 g/mol. The van der Waals surface area contributed by atoms with Gasteiger partial charge in [-0.1, -0.05) is 6.92 Å². The lowest BCUT2D eigenvalue weighted by Crippen LogP contribution is -2.54. The number of nitrogens with zero attached hydrogens (tertiary/aromatic N) is 3. The van der Waals surface area contributed by atoms with Crippen molar-refractivity contribution in [1.82, 2.24) is 20.0 Å². The largest absolute Gasteiger partial charge is 0.435 e. The normalized spacial score (nSPS) is 27.4. The summed E-state index contributed by atoms with van der Waals surface area (Å²) in [5.74, 6) is 1.11. The molecule has 134 valence electrons. The van der Waals surface area contributed by atoms with E-state index in [0.717, 1.165) is 6.54 Å². The second-order valence-electron chi connectivity index (χ2n) is 6.99. The molecule has 1 aromatic heterocycles. The van der Waals surface area contributed by atoms with Gasteiger partial charge in [-0.3, -0.25) is 9.48 Å². The summed E-state index contributed by atoms with van der Waals surface area (Å²) in [7, 11) is 0. The minimum Gasteiger partial charge on any atom is -0.338 e. The SMILES string of the molecule is Cc1c(C(F)(F)F)nn(CC(=O)N2CCNC([C@@H]3CC3C)C2)c1C. The number of piperazine rings is 1. The van der Waals surface area contributed by atoms with Gasteiger partial charge in [-0.25, -0.2) is 0 Å². The summed E-state index contributed by atoms with van der Waals surface area (Å²) in [6.07, 6.45) is -3.32. The summed E-state index contributed by atoms with van der Waals surface area (Å²) in [6, 6.07) is 0.295. The first-order valence-electron chi connectivity index (χ1n) is 8.31. The number of nitrogens with one attached hydrogen (secondary N) is 1. The van der Waals surface area contributed by atoms with E-state index in [1.807, 2.05) is 0 Å². The Hall–Kier alpha value is -1.57. The van der Waals surface area contributed by atoms with Crippen molar-refractivity contribution in [3.63, 3.8) is 0 Å². The molecule has 0 spiro atoms. The van der Waals surface area contributed by atoms with E-state index in [1.165, 1.54) is 18.0 Å². The van der Waals surface area contributed by atoms with E-state index in [-0.39, 0.29) is 18.0 Å². The highest BCUT2D eigenvalue weighted by Crippen LogP contribution is 2.41. The third-order valence-corrected chi connectivity index (χ3v) is 5.31. The van der Waals surface area contributed by atoms with E-state index in [9.17, 15) is 18.0 Å². The Labute approximate surface area is 139 Å². The molecule has 1 N–H and O–H groups in total. The Morgan fingerprint density at radius 3 is 2.58 bits per heavy atom. The smallest absolute Gasteiger partial charge is 0.338 e. The zero-order valence-corrected chi connectivity index (χ0v) is 14.2. The molecule has 1 saturated heterocycles. The van der Waals surface area contributed by atoms with Gasteiger partial charge < -0.3 is 10.2 Å². The fraction of sp³-hybridized carbons (Fsp3) is 0.750. The fourth-order valence-corrected chi connectivity index (χ4v) is 3.49. The number of hydrogen-bond donors (Lipinski definition) is 1. The number of hydrogen-bond acceptors (Lipinski definition) is 3. The lowest BCUT2D eigenvalue weighted by atomic mass is 10.1. The van der Waals surface area contributed by atoms with Gasteiger partial charge >= 0.3 is 6.18 Å². The lowest BCUT2D eigenvalue weighted by Gasteiger charge is -2.34. The fourth-order valence-electron chi connectivity index (χ4n) is 3.49. The van der Waals surface area contributed by atoms with Crippen LogP contribution in [0.3, 0.4) is 0 Å². The zero-order valence-electron chi connectivity index (χ0n) is 14.2. The summed E-state index contributed by atoms with van der Waals surface area (Å²) in [5, 5.41) is 7.06. The minimum atomic E-state index is -4.49. The molecule has 24 heavy (non-hydrogen) atoms. The van der Waals surface area contributed by atoms with Crippen LogP contribution in [0.4, 0.5) is 13.2 Å². The molecule has 1 aliphatic heterocycles. The molecule has 0 aromatic carbocycles. The van der Waals surface area contributed by atoms with Crippen LogP contribution in [0, 0.1) is 25.7 Å². The summed E-state index contributed by atoms with van der Waals surface area (Å²) in [5.41, 5.74) is -0.434. The molecule has 3 rings (SSSR count). The van der Waals surface area contributed by atoms with Gasteiger partial charge in [-0.2, -0.15) is 18.3 Å². The van der Waals surface area contributed by atoms with Gasteiger partial charge in [0, 0.05) is 36.9 Å². The molecule has 3 atom stereocenters. The molecular weight excluding hydrogens is 321 g/mol. The van der Waals surface area contributed by atoms with Gasteiger partial charge in [0.15, 0.2) is 5.69 Å². The molecule has 1 aliphatic carbocycles. The van der Waals surface area contributed by atoms with Crippen LogP contribution in [0.5, 0.6) is 0 Å². The predicted octanol–water partition coefficient (Wildman–Crippen LogP) is 1.98. The molecule has 1 saturated carbocycles. The van der Waals surface area contributed by atoms with Crippen LogP contribution >= 0.6 is 0 Å². The van der Waals surface area contributed by atoms with Crippen LogP contribution in [-0.2, 0) is 17.5 Å². The molecule has 2 aliphatic rings. The Kier molecular flexibility index (Phi) is 4.36. The average molecular weight is 344 g/mol. The number of amides is 1. The number of carbonyl (C=O) groups is 1. The maximum absolute atomic E-state index is 12.9. The molecule has 1 aromatic rings. The average Bonchev–Trinajstić information content (AvgIpc) is 3.18. The first-order chi connectivity index (χ1) is 11.2. The van der Waals surface area contributed by atoms with E-state index in [0.29, 0.717) is 36.7 Å². The van der Waals surface area contributed by atoms with Crippen molar-refractivity contribution < 1.29 is 18.0 Å². The first kappa shape index (κ1) is 17.3. The molecule has 5 nitrogen and oxygen atoms in total. The third-order valence-electron chi connectivity index (χ3n) is 5.31. The summed E-state index contributed by atoms with van der Waals surface area (Å²) >= 11 is 0. The van der Waals surface area contributed by atoms with Gasteiger partial charge in [0.2, 0.25) is 5.91 Å². The highest BCUT2D eigenvalue weighted by atomic mass is 19.4. The van der Waals surface area contributed by atoms with Crippen molar-refractivity contribution >= 4 is 5.91 Å². The highest BCUT2D eigenvalue weighted by molar-refractivity contribution is 5.76. The van der Waals surface area contributed by atoms with Crippen LogP contribution in [0.15, 0.2) is 0 Å². The van der Waals surface area contributed by atoms with Crippen LogP contribution in [0.1, 0.15) is 30.3 Å². The van der Waals surface area contributed by atoms with Gasteiger partial charge in [-0.15, -0.1) is 0 Å². The second kappa shape index (κ2) is 6.06. The van der Waals surface area contributed by atoms with E-state index in [2.05, 4.69) is 17.3 Å². The lowest BCUT2D eigenvalue weighted by molar-refractivity contribution is -0.142. The number of halogens is 3. The van der Waals surface area contributed by atoms with Gasteiger partial charge in [-0.05, 0) is 32.1 Å². The van der Waals surface area contributed by atoms with E-state index >= 15 is 0 Å². The number of carbonyl (C=O) groups excluding carboxylic acids is 1. The Morgan fingerprint density at radius 2 is 2.04 bits per heavy atom. The van der Waals surface area contributed by atoms with Crippen molar-refractivity contribution in [2.45, 2.75) is 46.0 Å². The van der Waals surface area contributed by atoms with Crippen molar-refractivity contribution in [3.05, 3.63) is 17.0 Å². The maximum atomic E-state index is 12.9. The molecule has 0 bridgehead atoms. The molecule has 8 heteroatoms. The van der Waals surface area contributed by atoms with Crippen LogP contribution in [0.2, 0.25) is 0 Å². The Morgan fingerprint density at radius 1 is 1.38 bits per heavy atom. The van der Waals surface area contributed by atoms with Crippen LogP contribution < -0.4 is 5.32 Å². The number of rotatable bonds is 3. The Balaban J connectivity index is 1.68. The molecule has 2 heterocycles. The van der Waals surface area contributed by atoms with E-state index in [1.54, 1.807) is 11.8 Å². The van der Waals surface area contributed by atoms with Gasteiger partial charge in [0.25, 0.3) is 0 Å². The minimum absolute atomic E-state index is 0.0836. The van der Waals surface area contributed by atoms with E-state index in [4.69, 9.17) is 0 Å². The molecule has 1 amide bonds. The van der Waals surface area contributed by atoms with Crippen molar-refractivity contribution in [3.8, 4) is 0 Å². The van der Waals surface area contributed by atoms with Crippen molar-refractivity contribution in [2.75, 3.05) is 19.6 Å². The summed E-state index contributed by atoms with van der Waals surface area (Å²) < 4.78 is 40.0. The number of alkyl halides is 3. The van der Waals surface area contributed by atoms with Crippen molar-refractivity contribution in [2.24, 2.45) is 11.8 Å². The van der Waals surface area contributed by atoms with Gasteiger partial charge in [0.05, 0.1) is 0 Å². The molecule has 2 fully saturated rings. The summed E-state index contributed by atoms with van der Waals surface area (Å²) in [4.78, 5) is 14.3. The first-order valence-corrected chi connectivity index (χ1v) is 8.31. The van der Waals surface area contributed by atoms with Crippen LogP contribution in [0.25, 0.3) is 0 Å². The topological polar surface area (TPSA) is 50.2 Å². The third kappa shape index (κ3) is 3.29. The quantitative estimate of drug-likeness (QED) is 0.912. The molecule has 2 unspecified atom stereocenters. The molecule has 0 radical (unpaired) electrons. The second-order valence-corrected chi connectivity index (χ2v) is 6.99. The highest BCUT2D eigenvalue weighted by Gasteiger charge is 2.42. The van der Waals surface area contributed by atoms with Crippen LogP contribution in [-0.4, -0.2) is 46.3 Å². The van der Waals surface area contributed by atoms with Crippen molar-refractivity contribution in [1.29, 1.82) is 0 Å². The predicted molar refractivity (Wildman–Crippen MR) is 82.3 cm³/mol. The molecular formula is C16H23F3N4O. The zero-order chi connectivity index (χ0) is 17.6. The summed E-state index contributed by atoms with van der Waals surface area (Å²) in [6.45, 7) is 6.95. The van der Waals surface area contributed by atoms with E-state index < -0.39 is 11.9 Å². The Bertz CT molecular complexity index is 640. The number of aromatic nitrogens is 2. The van der Waals surface area contributed by atoms with Gasteiger partial charge in [0.1, 0.15) is 6.54 Å².